The zero-order valence-electron chi connectivity index (χ0n) is 8.88. The molecule has 0 aliphatic carbocycles. The summed E-state index contributed by atoms with van der Waals surface area (Å²) < 4.78 is 13.9. The van der Waals surface area contributed by atoms with Crippen LogP contribution < -0.4 is 5.32 Å². The second-order valence-electron chi connectivity index (χ2n) is 3.53. The lowest BCUT2D eigenvalue weighted by Gasteiger charge is -2.02. The van der Waals surface area contributed by atoms with Crippen LogP contribution in [0.1, 0.15) is 10.6 Å². The zero-order valence-corrected chi connectivity index (χ0v) is 11.3. The third-order valence-corrected chi connectivity index (χ3v) is 3.29. The predicted octanol–water partition coefficient (Wildman–Crippen LogP) is 3.30. The third kappa shape index (κ3) is 2.14. The highest BCUT2D eigenvalue weighted by atomic mass is 79.9. The van der Waals surface area contributed by atoms with E-state index in [-0.39, 0.29) is 11.7 Å². The van der Waals surface area contributed by atoms with E-state index in [0.717, 1.165) is 22.8 Å². The number of halogens is 1. The fourth-order valence-electron chi connectivity index (χ4n) is 1.49. The van der Waals surface area contributed by atoms with Crippen molar-refractivity contribution in [1.82, 2.24) is 8.75 Å². The van der Waals surface area contributed by atoms with Crippen LogP contribution in [-0.4, -0.2) is 14.7 Å². The van der Waals surface area contributed by atoms with Crippen LogP contribution in [0.2, 0.25) is 0 Å². The van der Waals surface area contributed by atoms with Crippen molar-refractivity contribution < 1.29 is 9.21 Å². The highest BCUT2D eigenvalue weighted by Gasteiger charge is 2.11. The number of amides is 1. The number of anilines is 1. The summed E-state index contributed by atoms with van der Waals surface area (Å²) in [6.07, 6.45) is 0. The van der Waals surface area contributed by atoms with Crippen molar-refractivity contribution >= 4 is 50.3 Å². The quantitative estimate of drug-likeness (QED) is 0.785. The van der Waals surface area contributed by atoms with Gasteiger partial charge in [-0.15, -0.1) is 0 Å². The van der Waals surface area contributed by atoms with Crippen LogP contribution in [0.5, 0.6) is 0 Å². The van der Waals surface area contributed by atoms with Gasteiger partial charge in [0.25, 0.3) is 5.91 Å². The molecule has 1 aromatic carbocycles. The van der Waals surface area contributed by atoms with E-state index < -0.39 is 0 Å². The SMILES string of the molecule is O=C(Nc1ccc2nsnc2c1)c1ccc(Br)o1. The van der Waals surface area contributed by atoms with Gasteiger partial charge in [0.05, 0.1) is 11.7 Å². The minimum atomic E-state index is -0.303. The molecule has 0 unspecified atom stereocenters. The second kappa shape index (κ2) is 4.51. The summed E-state index contributed by atoms with van der Waals surface area (Å²) in [5, 5.41) is 2.74. The topological polar surface area (TPSA) is 68.0 Å². The Bertz CT molecular complexity index is 722. The summed E-state index contributed by atoms with van der Waals surface area (Å²) in [7, 11) is 0. The average molecular weight is 324 g/mol. The minimum Gasteiger partial charge on any atom is -0.444 e. The molecular formula is C11H6BrN3O2S. The molecule has 7 heteroatoms. The summed E-state index contributed by atoms with van der Waals surface area (Å²) in [4.78, 5) is 11.8. The molecular weight excluding hydrogens is 318 g/mol. The predicted molar refractivity (Wildman–Crippen MR) is 71.8 cm³/mol. The average Bonchev–Trinajstić information content (AvgIpc) is 2.96. The van der Waals surface area contributed by atoms with Crippen molar-refractivity contribution in [2.24, 2.45) is 0 Å². The Hall–Kier alpha value is -1.73. The number of hydrogen-bond acceptors (Lipinski definition) is 5. The van der Waals surface area contributed by atoms with Gasteiger partial charge in [-0.1, -0.05) is 0 Å². The van der Waals surface area contributed by atoms with E-state index in [2.05, 4.69) is 30.0 Å². The molecule has 5 nitrogen and oxygen atoms in total. The Kier molecular flexibility index (Phi) is 2.85. The molecule has 1 amide bonds. The lowest BCUT2D eigenvalue weighted by molar-refractivity contribution is 0.0995. The standard InChI is InChI=1S/C11H6BrN3O2S/c12-10-4-3-9(17-10)11(16)13-6-1-2-7-8(5-6)15-18-14-7/h1-5H,(H,13,16). The normalized spacial score (nSPS) is 10.7. The molecule has 90 valence electrons. The second-order valence-corrected chi connectivity index (χ2v) is 4.84. The molecule has 0 spiro atoms. The van der Waals surface area contributed by atoms with Crippen LogP contribution in [0.3, 0.4) is 0 Å². The molecule has 0 fully saturated rings. The van der Waals surface area contributed by atoms with Crippen molar-refractivity contribution in [2.45, 2.75) is 0 Å². The number of furan rings is 1. The minimum absolute atomic E-state index is 0.248. The Balaban J connectivity index is 1.85. The van der Waals surface area contributed by atoms with E-state index in [0.29, 0.717) is 10.4 Å². The first-order valence-corrected chi connectivity index (χ1v) is 6.54. The number of nitrogens with zero attached hydrogens (tertiary/aromatic N) is 2. The molecule has 2 heterocycles. The lowest BCUT2D eigenvalue weighted by Crippen LogP contribution is -2.10. The van der Waals surface area contributed by atoms with Gasteiger partial charge in [0.15, 0.2) is 10.4 Å². The smallest absolute Gasteiger partial charge is 0.291 e. The monoisotopic (exact) mass is 323 g/mol. The summed E-state index contributed by atoms with van der Waals surface area (Å²) in [5.41, 5.74) is 2.24. The van der Waals surface area contributed by atoms with Crippen LogP contribution in [0.15, 0.2) is 39.4 Å². The molecule has 0 aliphatic heterocycles. The van der Waals surface area contributed by atoms with Gasteiger partial charge in [-0.05, 0) is 46.3 Å². The number of fused-ring (bicyclic) bond motifs is 1. The van der Waals surface area contributed by atoms with Crippen LogP contribution in [0.4, 0.5) is 5.69 Å². The van der Waals surface area contributed by atoms with E-state index >= 15 is 0 Å². The maximum atomic E-state index is 11.8. The number of nitrogens with one attached hydrogen (secondary N) is 1. The van der Waals surface area contributed by atoms with Gasteiger partial charge in [0, 0.05) is 5.69 Å². The molecule has 3 rings (SSSR count). The summed E-state index contributed by atoms with van der Waals surface area (Å²) >= 11 is 4.29. The molecule has 2 aromatic heterocycles. The van der Waals surface area contributed by atoms with Gasteiger partial charge >= 0.3 is 0 Å². The first-order valence-electron chi connectivity index (χ1n) is 5.01. The maximum absolute atomic E-state index is 11.8. The number of carbonyl (C=O) groups excluding carboxylic acids is 1. The van der Waals surface area contributed by atoms with E-state index in [1.54, 1.807) is 24.3 Å². The molecule has 0 atom stereocenters. The van der Waals surface area contributed by atoms with Crippen LogP contribution in [0, 0.1) is 0 Å². The van der Waals surface area contributed by atoms with Gasteiger partial charge in [0.1, 0.15) is 11.0 Å². The zero-order chi connectivity index (χ0) is 12.5. The number of hydrogen-bond donors (Lipinski definition) is 1. The molecule has 0 radical (unpaired) electrons. The molecule has 0 bridgehead atoms. The molecule has 3 aromatic rings. The number of rotatable bonds is 2. The van der Waals surface area contributed by atoms with Crippen molar-refractivity contribution in [3.8, 4) is 0 Å². The van der Waals surface area contributed by atoms with Crippen molar-refractivity contribution in [2.75, 3.05) is 5.32 Å². The summed E-state index contributed by atoms with van der Waals surface area (Å²) in [6.45, 7) is 0. The molecule has 0 aliphatic rings. The van der Waals surface area contributed by atoms with E-state index in [1.807, 2.05) is 6.07 Å². The Labute approximate surface area is 114 Å². The molecule has 0 saturated carbocycles. The first-order chi connectivity index (χ1) is 8.72. The number of carbonyl (C=O) groups is 1. The van der Waals surface area contributed by atoms with E-state index in [4.69, 9.17) is 4.42 Å². The van der Waals surface area contributed by atoms with Gasteiger partial charge < -0.3 is 9.73 Å². The fourth-order valence-corrected chi connectivity index (χ4v) is 2.31. The Morgan fingerprint density at radius 2 is 2.06 bits per heavy atom. The summed E-state index contributed by atoms with van der Waals surface area (Å²) in [5.74, 6) is -0.0541. The van der Waals surface area contributed by atoms with Gasteiger partial charge in [-0.2, -0.15) is 8.75 Å². The molecule has 0 saturated heterocycles. The van der Waals surface area contributed by atoms with Gasteiger partial charge in [0.2, 0.25) is 0 Å². The highest BCUT2D eigenvalue weighted by Crippen LogP contribution is 2.19. The highest BCUT2D eigenvalue weighted by molar-refractivity contribution is 9.10. The first kappa shape index (κ1) is 11.4. The van der Waals surface area contributed by atoms with Crippen LogP contribution in [-0.2, 0) is 0 Å². The van der Waals surface area contributed by atoms with Crippen molar-refractivity contribution in [1.29, 1.82) is 0 Å². The van der Waals surface area contributed by atoms with E-state index in [9.17, 15) is 4.79 Å². The molecule has 18 heavy (non-hydrogen) atoms. The van der Waals surface area contributed by atoms with Crippen LogP contribution in [0.25, 0.3) is 11.0 Å². The Morgan fingerprint density at radius 3 is 2.83 bits per heavy atom. The number of aromatic nitrogens is 2. The maximum Gasteiger partial charge on any atom is 0.291 e. The Morgan fingerprint density at radius 1 is 1.22 bits per heavy atom. The largest absolute Gasteiger partial charge is 0.444 e. The lowest BCUT2D eigenvalue weighted by atomic mass is 10.2. The third-order valence-electron chi connectivity index (χ3n) is 2.31. The summed E-state index contributed by atoms with van der Waals surface area (Å²) in [6, 6.07) is 8.63. The van der Waals surface area contributed by atoms with Crippen molar-refractivity contribution in [3.63, 3.8) is 0 Å². The van der Waals surface area contributed by atoms with Crippen LogP contribution >= 0.6 is 27.7 Å². The van der Waals surface area contributed by atoms with Crippen molar-refractivity contribution in [3.05, 3.63) is 40.8 Å². The van der Waals surface area contributed by atoms with Gasteiger partial charge in [-0.3, -0.25) is 4.79 Å². The fraction of sp³-hybridized carbons (Fsp3) is 0. The number of benzene rings is 1. The van der Waals surface area contributed by atoms with E-state index in [1.165, 1.54) is 0 Å². The van der Waals surface area contributed by atoms with Gasteiger partial charge in [-0.25, -0.2) is 0 Å². The molecule has 1 N–H and O–H groups in total.